The van der Waals surface area contributed by atoms with Gasteiger partial charge in [-0.1, -0.05) is 36.0 Å². The topological polar surface area (TPSA) is 92.7 Å². The van der Waals surface area contributed by atoms with E-state index in [0.717, 1.165) is 22.5 Å². The summed E-state index contributed by atoms with van der Waals surface area (Å²) >= 11 is 1.17. The number of nitrogens with zero attached hydrogens (tertiary/aromatic N) is 3. The average molecular weight is 405 g/mol. The minimum absolute atomic E-state index is 0.126. The number of amides is 1. The number of hydrogen-bond acceptors (Lipinski definition) is 5. The highest BCUT2D eigenvalue weighted by atomic mass is 32.2. The van der Waals surface area contributed by atoms with E-state index in [2.05, 4.69) is 20.4 Å². The molecule has 2 aromatic heterocycles. The summed E-state index contributed by atoms with van der Waals surface area (Å²) < 4.78 is 1.63. The van der Waals surface area contributed by atoms with Crippen molar-refractivity contribution in [2.45, 2.75) is 19.0 Å². The second-order valence-electron chi connectivity index (χ2n) is 6.71. The third-order valence-corrected chi connectivity index (χ3v) is 5.18. The summed E-state index contributed by atoms with van der Waals surface area (Å²) in [5.41, 5.74) is 3.89. The van der Waals surface area contributed by atoms with Crippen molar-refractivity contribution in [1.29, 1.82) is 0 Å². The van der Waals surface area contributed by atoms with Crippen LogP contribution in [0.15, 0.2) is 64.7 Å². The molecule has 0 atom stereocenters. The molecule has 0 bridgehead atoms. The lowest BCUT2D eigenvalue weighted by atomic mass is 10.2. The van der Waals surface area contributed by atoms with Crippen LogP contribution in [0, 0.1) is 13.8 Å². The van der Waals surface area contributed by atoms with E-state index >= 15 is 0 Å². The first kappa shape index (κ1) is 18.9. The molecule has 0 fully saturated rings. The van der Waals surface area contributed by atoms with Crippen molar-refractivity contribution in [3.63, 3.8) is 0 Å². The van der Waals surface area contributed by atoms with Gasteiger partial charge < -0.3 is 10.3 Å². The van der Waals surface area contributed by atoms with Gasteiger partial charge >= 0.3 is 0 Å². The number of aromatic nitrogens is 4. The molecule has 2 aromatic carbocycles. The second kappa shape index (κ2) is 7.92. The standard InChI is InChI=1S/C21H19N5O2S/c1-13-5-3-7-15(9-13)23-18(27)12-29-21-24-19-17(20(28)25-21)11-22-26(19)16-8-4-6-14(2)10-16/h3-11H,12H2,1-2H3,(H,23,27)(H,24,25,28). The van der Waals surface area contributed by atoms with Crippen molar-refractivity contribution in [3.05, 3.63) is 76.2 Å². The molecule has 0 saturated heterocycles. The fourth-order valence-corrected chi connectivity index (χ4v) is 3.63. The molecule has 0 spiro atoms. The highest BCUT2D eigenvalue weighted by molar-refractivity contribution is 7.99. The van der Waals surface area contributed by atoms with E-state index in [1.807, 2.05) is 62.4 Å². The first-order chi connectivity index (χ1) is 14.0. The zero-order valence-electron chi connectivity index (χ0n) is 16.0. The van der Waals surface area contributed by atoms with Gasteiger partial charge in [0, 0.05) is 5.69 Å². The molecular weight excluding hydrogens is 386 g/mol. The van der Waals surface area contributed by atoms with Crippen LogP contribution in [-0.2, 0) is 4.79 Å². The maximum atomic E-state index is 12.4. The molecule has 2 N–H and O–H groups in total. The maximum Gasteiger partial charge on any atom is 0.262 e. The van der Waals surface area contributed by atoms with Gasteiger partial charge in [0.25, 0.3) is 5.56 Å². The van der Waals surface area contributed by atoms with Gasteiger partial charge in [-0.05, 0) is 49.2 Å². The predicted molar refractivity (Wildman–Crippen MR) is 115 cm³/mol. The Morgan fingerprint density at radius 1 is 1.14 bits per heavy atom. The molecule has 7 nitrogen and oxygen atoms in total. The molecule has 0 aliphatic rings. The largest absolute Gasteiger partial charge is 0.325 e. The number of aromatic amines is 1. The normalized spacial score (nSPS) is 11.0. The Kier molecular flexibility index (Phi) is 5.18. The quantitative estimate of drug-likeness (QED) is 0.392. The number of H-pyrrole nitrogens is 1. The van der Waals surface area contributed by atoms with Gasteiger partial charge in [0.1, 0.15) is 5.39 Å². The average Bonchev–Trinajstić information content (AvgIpc) is 3.11. The minimum Gasteiger partial charge on any atom is -0.325 e. The first-order valence-electron chi connectivity index (χ1n) is 9.04. The van der Waals surface area contributed by atoms with Gasteiger partial charge in [-0.25, -0.2) is 9.67 Å². The number of thioether (sulfide) groups is 1. The van der Waals surface area contributed by atoms with Crippen LogP contribution >= 0.6 is 11.8 Å². The van der Waals surface area contributed by atoms with E-state index in [-0.39, 0.29) is 17.2 Å². The van der Waals surface area contributed by atoms with Crippen LogP contribution in [0.4, 0.5) is 5.69 Å². The van der Waals surface area contributed by atoms with Gasteiger partial charge in [0.2, 0.25) is 5.91 Å². The third kappa shape index (κ3) is 4.22. The molecule has 0 unspecified atom stereocenters. The molecule has 0 saturated carbocycles. The van der Waals surface area contributed by atoms with Gasteiger partial charge in [0.15, 0.2) is 10.8 Å². The van der Waals surface area contributed by atoms with Crippen LogP contribution < -0.4 is 10.9 Å². The predicted octanol–water partition coefficient (Wildman–Crippen LogP) is 3.46. The molecule has 1 amide bonds. The Balaban J connectivity index is 1.56. The minimum atomic E-state index is -0.282. The Bertz CT molecular complexity index is 1260. The number of carbonyl (C=O) groups is 1. The SMILES string of the molecule is Cc1cccc(NC(=O)CSc2nc3c(cnn3-c3cccc(C)c3)c(=O)[nH]2)c1. The van der Waals surface area contributed by atoms with Crippen molar-refractivity contribution < 1.29 is 4.79 Å². The van der Waals surface area contributed by atoms with E-state index in [1.54, 1.807) is 4.68 Å². The number of hydrogen-bond donors (Lipinski definition) is 2. The van der Waals surface area contributed by atoms with E-state index in [1.165, 1.54) is 18.0 Å². The summed E-state index contributed by atoms with van der Waals surface area (Å²) in [7, 11) is 0. The van der Waals surface area contributed by atoms with Gasteiger partial charge in [-0.15, -0.1) is 0 Å². The van der Waals surface area contributed by atoms with Crippen molar-refractivity contribution in [1.82, 2.24) is 19.7 Å². The lowest BCUT2D eigenvalue weighted by molar-refractivity contribution is -0.113. The van der Waals surface area contributed by atoms with Crippen LogP contribution in [0.2, 0.25) is 0 Å². The summed E-state index contributed by atoms with van der Waals surface area (Å²) in [4.78, 5) is 31.9. The number of benzene rings is 2. The van der Waals surface area contributed by atoms with E-state index in [0.29, 0.717) is 16.2 Å². The smallest absolute Gasteiger partial charge is 0.262 e. The molecule has 8 heteroatoms. The summed E-state index contributed by atoms with van der Waals surface area (Å²) in [6, 6.07) is 15.4. The first-order valence-corrected chi connectivity index (χ1v) is 10.0. The molecule has 146 valence electrons. The van der Waals surface area contributed by atoms with Crippen LogP contribution in [-0.4, -0.2) is 31.4 Å². The number of fused-ring (bicyclic) bond motifs is 1. The van der Waals surface area contributed by atoms with Crippen molar-refractivity contribution in [2.24, 2.45) is 0 Å². The molecular formula is C21H19N5O2S. The van der Waals surface area contributed by atoms with Crippen LogP contribution in [0.1, 0.15) is 11.1 Å². The molecule has 0 radical (unpaired) electrons. The van der Waals surface area contributed by atoms with E-state index < -0.39 is 0 Å². The Morgan fingerprint density at radius 2 is 1.90 bits per heavy atom. The lowest BCUT2D eigenvalue weighted by Crippen LogP contribution is -2.15. The number of rotatable bonds is 5. The second-order valence-corrected chi connectivity index (χ2v) is 7.67. The molecule has 2 heterocycles. The molecule has 4 rings (SSSR count). The van der Waals surface area contributed by atoms with Crippen molar-refractivity contribution in [3.8, 4) is 5.69 Å². The van der Waals surface area contributed by atoms with Crippen molar-refractivity contribution >= 4 is 34.4 Å². The fraction of sp³-hybridized carbons (Fsp3) is 0.143. The van der Waals surface area contributed by atoms with Crippen LogP contribution in [0.3, 0.4) is 0 Å². The Labute approximate surface area is 171 Å². The summed E-state index contributed by atoms with van der Waals surface area (Å²) in [6.45, 7) is 3.95. The summed E-state index contributed by atoms with van der Waals surface area (Å²) in [6.07, 6.45) is 1.50. The highest BCUT2D eigenvalue weighted by Crippen LogP contribution is 2.19. The van der Waals surface area contributed by atoms with E-state index in [4.69, 9.17) is 0 Å². The zero-order chi connectivity index (χ0) is 20.4. The van der Waals surface area contributed by atoms with Crippen molar-refractivity contribution in [2.75, 3.05) is 11.1 Å². The lowest BCUT2D eigenvalue weighted by Gasteiger charge is -2.07. The molecule has 29 heavy (non-hydrogen) atoms. The summed E-state index contributed by atoms with van der Waals surface area (Å²) in [5.74, 6) is -0.0448. The van der Waals surface area contributed by atoms with Gasteiger partial charge in [-0.2, -0.15) is 5.10 Å². The Morgan fingerprint density at radius 3 is 2.66 bits per heavy atom. The fourth-order valence-electron chi connectivity index (χ4n) is 2.97. The molecule has 0 aliphatic carbocycles. The number of carbonyl (C=O) groups excluding carboxylic acids is 1. The number of anilines is 1. The summed E-state index contributed by atoms with van der Waals surface area (Å²) in [5, 5.41) is 7.93. The van der Waals surface area contributed by atoms with Gasteiger partial charge in [0.05, 0.1) is 17.6 Å². The monoisotopic (exact) mass is 405 g/mol. The number of nitrogens with one attached hydrogen (secondary N) is 2. The zero-order valence-corrected chi connectivity index (χ0v) is 16.8. The maximum absolute atomic E-state index is 12.4. The van der Waals surface area contributed by atoms with Crippen LogP contribution in [0.25, 0.3) is 16.7 Å². The molecule has 0 aliphatic heterocycles. The van der Waals surface area contributed by atoms with Gasteiger partial charge in [-0.3, -0.25) is 9.59 Å². The third-order valence-electron chi connectivity index (χ3n) is 4.30. The molecule has 4 aromatic rings. The Hall–Kier alpha value is -3.39. The van der Waals surface area contributed by atoms with E-state index in [9.17, 15) is 9.59 Å². The van der Waals surface area contributed by atoms with Crippen LogP contribution in [0.5, 0.6) is 0 Å². The number of aryl methyl sites for hydroxylation is 2. The highest BCUT2D eigenvalue weighted by Gasteiger charge is 2.13.